The first-order valence-corrected chi connectivity index (χ1v) is 11.0. The van der Waals surface area contributed by atoms with E-state index in [1.165, 1.54) is 11.3 Å². The van der Waals surface area contributed by atoms with Crippen LogP contribution >= 0.6 is 34.3 Å². The molecule has 0 radical (unpaired) electrons. The number of hydrogen-bond acceptors (Lipinski definition) is 5. The molecule has 7 heteroatoms. The summed E-state index contributed by atoms with van der Waals surface area (Å²) in [5, 5.41) is 3.04. The molecule has 0 bridgehead atoms. The van der Waals surface area contributed by atoms with E-state index in [0.717, 1.165) is 31.2 Å². The van der Waals surface area contributed by atoms with E-state index in [4.69, 9.17) is 16.3 Å². The molecule has 2 aromatic heterocycles. The number of aromatic nitrogens is 1. The van der Waals surface area contributed by atoms with E-state index in [0.29, 0.717) is 19.7 Å². The van der Waals surface area contributed by atoms with Crippen molar-refractivity contribution in [2.75, 3.05) is 6.54 Å². The van der Waals surface area contributed by atoms with Crippen LogP contribution in [0.1, 0.15) is 28.1 Å². The number of carbonyl (C=O) groups is 1. The predicted octanol–water partition coefficient (Wildman–Crippen LogP) is 5.81. The average Bonchev–Trinajstić information content (AvgIpc) is 3.31. The van der Waals surface area contributed by atoms with Gasteiger partial charge in [-0.1, -0.05) is 23.7 Å². The number of thiophene rings is 1. The molecule has 3 rings (SSSR count). The first kappa shape index (κ1) is 20.6. The fraction of sp³-hybridized carbons (Fsp3) is 0.238. The largest absolute Gasteiger partial charge is 0.487 e. The van der Waals surface area contributed by atoms with E-state index in [-0.39, 0.29) is 5.91 Å². The number of ether oxygens (including phenoxy) is 1. The molecule has 0 atom stereocenters. The van der Waals surface area contributed by atoms with Gasteiger partial charge in [0.2, 0.25) is 5.91 Å². The number of thiazole rings is 1. The number of amides is 1. The highest BCUT2D eigenvalue weighted by atomic mass is 35.5. The van der Waals surface area contributed by atoms with E-state index in [1.54, 1.807) is 22.3 Å². The summed E-state index contributed by atoms with van der Waals surface area (Å²) in [7, 11) is 0. The molecular formula is C21H21ClN2O2S2. The Morgan fingerprint density at radius 1 is 1.25 bits per heavy atom. The highest BCUT2D eigenvalue weighted by molar-refractivity contribution is 7.16. The summed E-state index contributed by atoms with van der Waals surface area (Å²) in [6, 6.07) is 11.5. The quantitative estimate of drug-likeness (QED) is 0.422. The number of rotatable bonds is 8. The molecule has 146 valence electrons. The summed E-state index contributed by atoms with van der Waals surface area (Å²) in [4.78, 5) is 19.7. The lowest BCUT2D eigenvalue weighted by Gasteiger charge is -2.18. The van der Waals surface area contributed by atoms with Crippen LogP contribution < -0.4 is 4.74 Å². The van der Waals surface area contributed by atoms with Gasteiger partial charge in [0.15, 0.2) is 0 Å². The third-order valence-corrected chi connectivity index (χ3v) is 6.06. The molecule has 0 unspecified atom stereocenters. The van der Waals surface area contributed by atoms with Crippen LogP contribution in [-0.2, 0) is 17.9 Å². The van der Waals surface area contributed by atoms with Crippen molar-refractivity contribution in [2.24, 2.45) is 0 Å². The zero-order chi connectivity index (χ0) is 19.9. The van der Waals surface area contributed by atoms with Crippen LogP contribution in [0.4, 0.5) is 0 Å². The summed E-state index contributed by atoms with van der Waals surface area (Å²) in [6.07, 6.45) is 3.42. The van der Waals surface area contributed by atoms with Crippen LogP contribution in [-0.4, -0.2) is 22.3 Å². The molecule has 0 N–H and O–H groups in total. The predicted molar refractivity (Wildman–Crippen MR) is 117 cm³/mol. The standard InChI is InChI=1S/C21H21ClN2O2S2/c1-3-24(12-19-9-10-20(22)28-19)21(25)11-6-16-4-7-18(8-5-16)26-13-17-14-27-15(2)23-17/h4-11,14H,3,12-13H2,1-2H3/b11-6+. The van der Waals surface area contributed by atoms with Crippen LogP contribution in [0.25, 0.3) is 6.08 Å². The number of carbonyl (C=O) groups excluding carboxylic acids is 1. The second-order valence-corrected chi connectivity index (χ2v) is 8.97. The van der Waals surface area contributed by atoms with Gasteiger partial charge in [0.1, 0.15) is 12.4 Å². The summed E-state index contributed by atoms with van der Waals surface area (Å²) < 4.78 is 6.48. The Hall–Kier alpha value is -2.15. The van der Waals surface area contributed by atoms with Crippen molar-refractivity contribution >= 4 is 46.3 Å². The van der Waals surface area contributed by atoms with E-state index in [2.05, 4.69) is 4.98 Å². The van der Waals surface area contributed by atoms with Crippen molar-refractivity contribution in [2.45, 2.75) is 27.0 Å². The lowest BCUT2D eigenvalue weighted by Crippen LogP contribution is -2.28. The van der Waals surface area contributed by atoms with Gasteiger partial charge < -0.3 is 9.64 Å². The fourth-order valence-electron chi connectivity index (χ4n) is 2.55. The van der Waals surface area contributed by atoms with Gasteiger partial charge in [-0.3, -0.25) is 4.79 Å². The van der Waals surface area contributed by atoms with E-state index < -0.39 is 0 Å². The summed E-state index contributed by atoms with van der Waals surface area (Å²) in [5.41, 5.74) is 1.88. The van der Waals surface area contributed by atoms with Gasteiger partial charge in [-0.25, -0.2) is 4.98 Å². The van der Waals surface area contributed by atoms with Gasteiger partial charge in [-0.2, -0.15) is 0 Å². The minimum absolute atomic E-state index is 0.0220. The number of halogens is 1. The minimum Gasteiger partial charge on any atom is -0.487 e. The first-order chi connectivity index (χ1) is 13.5. The zero-order valence-corrected chi connectivity index (χ0v) is 18.1. The lowest BCUT2D eigenvalue weighted by atomic mass is 10.2. The zero-order valence-electron chi connectivity index (χ0n) is 15.7. The molecule has 28 heavy (non-hydrogen) atoms. The topological polar surface area (TPSA) is 42.4 Å². The highest BCUT2D eigenvalue weighted by Crippen LogP contribution is 2.23. The van der Waals surface area contributed by atoms with Crippen LogP contribution in [0.2, 0.25) is 4.34 Å². The second kappa shape index (κ2) is 9.87. The molecule has 0 saturated carbocycles. The van der Waals surface area contributed by atoms with E-state index >= 15 is 0 Å². The Morgan fingerprint density at radius 2 is 2.04 bits per heavy atom. The maximum absolute atomic E-state index is 12.5. The second-order valence-electron chi connectivity index (χ2n) is 6.11. The van der Waals surface area contributed by atoms with Crippen molar-refractivity contribution < 1.29 is 9.53 Å². The van der Waals surface area contributed by atoms with Crippen molar-refractivity contribution in [3.63, 3.8) is 0 Å². The van der Waals surface area contributed by atoms with Gasteiger partial charge in [-0.15, -0.1) is 22.7 Å². The summed E-state index contributed by atoms with van der Waals surface area (Å²) >= 11 is 9.08. The van der Waals surface area contributed by atoms with Gasteiger partial charge in [0.25, 0.3) is 0 Å². The van der Waals surface area contributed by atoms with Crippen LogP contribution in [0, 0.1) is 6.92 Å². The van der Waals surface area contributed by atoms with Crippen LogP contribution in [0.3, 0.4) is 0 Å². The smallest absolute Gasteiger partial charge is 0.246 e. The SMILES string of the molecule is CCN(Cc1ccc(Cl)s1)C(=O)/C=C/c1ccc(OCc2csc(C)n2)cc1. The molecule has 4 nitrogen and oxygen atoms in total. The number of nitrogens with zero attached hydrogens (tertiary/aromatic N) is 2. The third-order valence-electron chi connectivity index (χ3n) is 4.02. The number of hydrogen-bond donors (Lipinski definition) is 0. The molecule has 3 aromatic rings. The van der Waals surface area contributed by atoms with Crippen molar-refractivity contribution in [1.29, 1.82) is 0 Å². The van der Waals surface area contributed by atoms with E-state index in [9.17, 15) is 4.79 Å². The van der Waals surface area contributed by atoms with Gasteiger partial charge >= 0.3 is 0 Å². The highest BCUT2D eigenvalue weighted by Gasteiger charge is 2.10. The normalized spacial score (nSPS) is 11.1. The van der Waals surface area contributed by atoms with Crippen LogP contribution in [0.5, 0.6) is 5.75 Å². The Morgan fingerprint density at radius 3 is 2.64 bits per heavy atom. The fourth-order valence-corrected chi connectivity index (χ4v) is 4.25. The van der Waals surface area contributed by atoms with Gasteiger partial charge in [-0.05, 0) is 49.8 Å². The molecular weight excluding hydrogens is 412 g/mol. The molecule has 0 fully saturated rings. The monoisotopic (exact) mass is 432 g/mol. The maximum Gasteiger partial charge on any atom is 0.246 e. The Kier molecular flexibility index (Phi) is 7.25. The Balaban J connectivity index is 1.54. The molecule has 1 amide bonds. The Bertz CT molecular complexity index is 947. The summed E-state index contributed by atoms with van der Waals surface area (Å²) in [5.74, 6) is 0.755. The van der Waals surface area contributed by atoms with Crippen molar-refractivity contribution in [3.8, 4) is 5.75 Å². The van der Waals surface area contributed by atoms with Crippen LogP contribution in [0.15, 0.2) is 47.9 Å². The molecule has 0 saturated heterocycles. The lowest BCUT2D eigenvalue weighted by molar-refractivity contribution is -0.126. The number of likely N-dealkylation sites (N-methyl/N-ethyl adjacent to an activating group) is 1. The molecule has 1 aromatic carbocycles. The van der Waals surface area contributed by atoms with Gasteiger partial charge in [0.05, 0.1) is 21.6 Å². The molecule has 0 aliphatic carbocycles. The molecule has 0 spiro atoms. The minimum atomic E-state index is -0.0220. The third kappa shape index (κ3) is 5.92. The van der Waals surface area contributed by atoms with Crippen molar-refractivity contribution in [3.05, 3.63) is 73.3 Å². The number of benzene rings is 1. The molecule has 0 aliphatic heterocycles. The molecule has 2 heterocycles. The average molecular weight is 433 g/mol. The number of aryl methyl sites for hydroxylation is 1. The molecule has 0 aliphatic rings. The first-order valence-electron chi connectivity index (χ1n) is 8.88. The maximum atomic E-state index is 12.5. The van der Waals surface area contributed by atoms with Crippen molar-refractivity contribution in [1.82, 2.24) is 9.88 Å². The summed E-state index contributed by atoms with van der Waals surface area (Å²) in [6.45, 7) is 5.61. The van der Waals surface area contributed by atoms with E-state index in [1.807, 2.05) is 61.7 Å². The Labute approximate surface area is 178 Å². The van der Waals surface area contributed by atoms with Gasteiger partial charge in [0, 0.05) is 22.9 Å².